The van der Waals surface area contributed by atoms with Gasteiger partial charge in [0.1, 0.15) is 0 Å². The van der Waals surface area contributed by atoms with Gasteiger partial charge in [0.05, 0.1) is 0 Å². The van der Waals surface area contributed by atoms with E-state index in [0.717, 1.165) is 19.5 Å². The van der Waals surface area contributed by atoms with E-state index in [4.69, 9.17) is 5.73 Å². The molecular weight excluding hydrogens is 138 g/mol. The van der Waals surface area contributed by atoms with Gasteiger partial charge in [-0.05, 0) is 34.1 Å². The minimum absolute atomic E-state index is 0.362. The normalized spacial score (nSPS) is 34.6. The molecule has 1 rings (SSSR count). The van der Waals surface area contributed by atoms with Crippen molar-refractivity contribution in [2.75, 3.05) is 34.2 Å². The lowest BCUT2D eigenvalue weighted by atomic mass is 10.00. The van der Waals surface area contributed by atoms with Crippen LogP contribution in [0.2, 0.25) is 0 Å². The Hall–Kier alpha value is -0.120. The monoisotopic (exact) mass is 157 g/mol. The third-order valence-corrected chi connectivity index (χ3v) is 2.50. The van der Waals surface area contributed by atoms with Crippen molar-refractivity contribution in [1.82, 2.24) is 9.80 Å². The van der Waals surface area contributed by atoms with Gasteiger partial charge in [0.2, 0.25) is 0 Å². The van der Waals surface area contributed by atoms with E-state index in [1.54, 1.807) is 0 Å². The molecule has 0 spiro atoms. The van der Waals surface area contributed by atoms with E-state index in [0.29, 0.717) is 12.1 Å². The molecule has 0 bridgehead atoms. The van der Waals surface area contributed by atoms with Crippen LogP contribution in [0.5, 0.6) is 0 Å². The summed E-state index contributed by atoms with van der Waals surface area (Å²) in [6, 6.07) is 0.898. The van der Waals surface area contributed by atoms with E-state index in [1.807, 2.05) is 0 Å². The maximum atomic E-state index is 5.97. The second-order valence-corrected chi connectivity index (χ2v) is 3.75. The molecule has 3 heteroatoms. The summed E-state index contributed by atoms with van der Waals surface area (Å²) in [6.07, 6.45) is 1.12. The number of piperidine rings is 1. The number of hydrogen-bond acceptors (Lipinski definition) is 3. The molecule has 0 aromatic carbocycles. The Morgan fingerprint density at radius 3 is 2.55 bits per heavy atom. The van der Waals surface area contributed by atoms with Gasteiger partial charge >= 0.3 is 0 Å². The van der Waals surface area contributed by atoms with Gasteiger partial charge in [-0.25, -0.2) is 0 Å². The van der Waals surface area contributed by atoms with Crippen molar-refractivity contribution < 1.29 is 0 Å². The molecule has 0 aliphatic carbocycles. The summed E-state index contributed by atoms with van der Waals surface area (Å²) in [5, 5.41) is 0. The van der Waals surface area contributed by atoms with Crippen LogP contribution >= 0.6 is 0 Å². The fourth-order valence-electron chi connectivity index (χ4n) is 1.65. The van der Waals surface area contributed by atoms with Crippen LogP contribution in [0.25, 0.3) is 0 Å². The summed E-state index contributed by atoms with van der Waals surface area (Å²) in [5.41, 5.74) is 5.97. The quantitative estimate of drug-likeness (QED) is 0.561. The highest BCUT2D eigenvalue weighted by Crippen LogP contribution is 2.10. The average molecular weight is 157 g/mol. The van der Waals surface area contributed by atoms with E-state index < -0.39 is 0 Å². The van der Waals surface area contributed by atoms with Gasteiger partial charge in [0, 0.05) is 18.6 Å². The minimum atomic E-state index is 0.362. The zero-order chi connectivity index (χ0) is 8.43. The minimum Gasteiger partial charge on any atom is -0.326 e. The zero-order valence-electron chi connectivity index (χ0n) is 7.75. The molecule has 1 fully saturated rings. The van der Waals surface area contributed by atoms with Gasteiger partial charge in [-0.1, -0.05) is 0 Å². The molecule has 1 saturated heterocycles. The fourth-order valence-corrected chi connectivity index (χ4v) is 1.65. The second-order valence-electron chi connectivity index (χ2n) is 3.75. The molecule has 0 saturated carbocycles. The molecule has 2 N–H and O–H groups in total. The van der Waals surface area contributed by atoms with Gasteiger partial charge in [0.25, 0.3) is 0 Å². The van der Waals surface area contributed by atoms with Crippen molar-refractivity contribution in [1.29, 1.82) is 0 Å². The Morgan fingerprint density at radius 1 is 1.45 bits per heavy atom. The number of nitrogens with two attached hydrogens (primary N) is 1. The van der Waals surface area contributed by atoms with E-state index in [9.17, 15) is 0 Å². The number of nitrogens with zero attached hydrogens (tertiary/aromatic N) is 2. The molecule has 0 aromatic rings. The molecule has 3 nitrogen and oxygen atoms in total. The van der Waals surface area contributed by atoms with Crippen LogP contribution in [0.15, 0.2) is 0 Å². The van der Waals surface area contributed by atoms with Crippen molar-refractivity contribution in [3.8, 4) is 0 Å². The molecule has 2 unspecified atom stereocenters. The number of likely N-dealkylation sites (tertiary alicyclic amines) is 1. The van der Waals surface area contributed by atoms with Gasteiger partial charge < -0.3 is 15.5 Å². The fraction of sp³-hybridized carbons (Fsp3) is 1.00. The highest BCUT2D eigenvalue weighted by atomic mass is 15.2. The first kappa shape index (κ1) is 8.97. The summed E-state index contributed by atoms with van der Waals surface area (Å²) in [4.78, 5) is 4.56. The Bertz CT molecular complexity index is 125. The van der Waals surface area contributed by atoms with Gasteiger partial charge in [0.15, 0.2) is 0 Å². The summed E-state index contributed by atoms with van der Waals surface area (Å²) < 4.78 is 0. The van der Waals surface area contributed by atoms with E-state index in [1.165, 1.54) is 0 Å². The molecule has 0 radical (unpaired) electrons. The predicted octanol–water partition coefficient (Wildman–Crippen LogP) is -0.421. The summed E-state index contributed by atoms with van der Waals surface area (Å²) in [6.45, 7) is 2.25. The van der Waals surface area contributed by atoms with Crippen LogP contribution in [0.3, 0.4) is 0 Å². The first-order chi connectivity index (χ1) is 5.11. The molecule has 1 aliphatic heterocycles. The maximum absolute atomic E-state index is 5.97. The lowest BCUT2D eigenvalue weighted by Crippen LogP contribution is -2.55. The third-order valence-electron chi connectivity index (χ3n) is 2.50. The number of hydrogen-bond donors (Lipinski definition) is 1. The van der Waals surface area contributed by atoms with Crippen molar-refractivity contribution in [3.05, 3.63) is 0 Å². The van der Waals surface area contributed by atoms with Crippen molar-refractivity contribution in [2.24, 2.45) is 5.73 Å². The summed E-state index contributed by atoms with van der Waals surface area (Å²) in [5.74, 6) is 0. The van der Waals surface area contributed by atoms with E-state index in [-0.39, 0.29) is 0 Å². The lowest BCUT2D eigenvalue weighted by molar-refractivity contribution is 0.135. The molecule has 0 aromatic heterocycles. The Kier molecular flexibility index (Phi) is 2.87. The summed E-state index contributed by atoms with van der Waals surface area (Å²) in [7, 11) is 6.36. The Labute approximate surface area is 69.1 Å². The highest BCUT2D eigenvalue weighted by Gasteiger charge is 2.25. The van der Waals surface area contributed by atoms with Crippen LogP contribution in [0.4, 0.5) is 0 Å². The van der Waals surface area contributed by atoms with Crippen molar-refractivity contribution in [2.45, 2.75) is 18.5 Å². The van der Waals surface area contributed by atoms with E-state index in [2.05, 4.69) is 30.9 Å². The van der Waals surface area contributed by atoms with Crippen LogP contribution in [-0.2, 0) is 0 Å². The molecular formula is C8H19N3. The molecule has 66 valence electrons. The summed E-state index contributed by atoms with van der Waals surface area (Å²) >= 11 is 0. The van der Waals surface area contributed by atoms with Gasteiger partial charge in [-0.2, -0.15) is 0 Å². The standard InChI is InChI=1S/C8H19N3/c1-10(2)8-6-11(3)5-4-7(8)9/h7-8H,4-6,9H2,1-3H3. The smallest absolute Gasteiger partial charge is 0.0368 e. The Balaban J connectivity index is 2.47. The molecule has 11 heavy (non-hydrogen) atoms. The number of likely N-dealkylation sites (N-methyl/N-ethyl adjacent to an activating group) is 2. The SMILES string of the molecule is CN1CCC(N)C(N(C)C)C1. The van der Waals surface area contributed by atoms with Crippen LogP contribution < -0.4 is 5.73 Å². The second kappa shape index (κ2) is 3.52. The first-order valence-electron chi connectivity index (χ1n) is 4.22. The van der Waals surface area contributed by atoms with E-state index >= 15 is 0 Å². The third kappa shape index (κ3) is 2.15. The van der Waals surface area contributed by atoms with Crippen LogP contribution in [0, 0.1) is 0 Å². The largest absolute Gasteiger partial charge is 0.326 e. The first-order valence-corrected chi connectivity index (χ1v) is 4.22. The predicted molar refractivity (Wildman–Crippen MR) is 47.6 cm³/mol. The van der Waals surface area contributed by atoms with Gasteiger partial charge in [-0.15, -0.1) is 0 Å². The van der Waals surface area contributed by atoms with Crippen molar-refractivity contribution >= 4 is 0 Å². The highest BCUT2D eigenvalue weighted by molar-refractivity contribution is 4.86. The molecule has 2 atom stereocenters. The molecule has 0 amide bonds. The lowest BCUT2D eigenvalue weighted by Gasteiger charge is -2.38. The van der Waals surface area contributed by atoms with Crippen LogP contribution in [-0.4, -0.2) is 56.1 Å². The topological polar surface area (TPSA) is 32.5 Å². The van der Waals surface area contributed by atoms with Crippen LogP contribution in [0.1, 0.15) is 6.42 Å². The molecule has 1 aliphatic rings. The average Bonchev–Trinajstić information content (AvgIpc) is 1.94. The maximum Gasteiger partial charge on any atom is 0.0368 e. The zero-order valence-corrected chi connectivity index (χ0v) is 7.75. The number of rotatable bonds is 1. The Morgan fingerprint density at radius 2 is 2.09 bits per heavy atom. The van der Waals surface area contributed by atoms with Gasteiger partial charge in [-0.3, -0.25) is 0 Å². The molecule has 1 heterocycles. The van der Waals surface area contributed by atoms with Crippen molar-refractivity contribution in [3.63, 3.8) is 0 Å².